The summed E-state index contributed by atoms with van der Waals surface area (Å²) in [6, 6.07) is 18.9. The van der Waals surface area contributed by atoms with Crippen LogP contribution in [0.25, 0.3) is 0 Å². The number of nitrogens with zero attached hydrogens (tertiary/aromatic N) is 3. The molecule has 3 rings (SSSR count). The van der Waals surface area contributed by atoms with Gasteiger partial charge in [0.2, 0.25) is 0 Å². The molecule has 2 aromatic carbocycles. The van der Waals surface area contributed by atoms with Gasteiger partial charge in [-0.3, -0.25) is 4.99 Å². The summed E-state index contributed by atoms with van der Waals surface area (Å²) >= 11 is 0. The van der Waals surface area contributed by atoms with E-state index >= 15 is 0 Å². The third-order valence-corrected chi connectivity index (χ3v) is 6.40. The minimum Gasteiger partial charge on any atom is -0.368 e. The average Bonchev–Trinajstić information content (AvgIpc) is 2.73. The van der Waals surface area contributed by atoms with Gasteiger partial charge in [0.15, 0.2) is 15.8 Å². The highest BCUT2D eigenvalue weighted by molar-refractivity contribution is 14.0. The second kappa shape index (κ2) is 10.7. The number of sulfone groups is 1. The molecule has 1 aliphatic heterocycles. The fourth-order valence-electron chi connectivity index (χ4n) is 3.19. The van der Waals surface area contributed by atoms with Gasteiger partial charge in [-0.1, -0.05) is 36.4 Å². The maximum atomic E-state index is 12.4. The highest BCUT2D eigenvalue weighted by Gasteiger charge is 2.20. The molecular weight excluding hydrogens is 487 g/mol. The molecule has 8 heteroatoms. The van der Waals surface area contributed by atoms with Gasteiger partial charge in [-0.15, -0.1) is 24.0 Å². The molecule has 152 valence electrons. The predicted octanol–water partition coefficient (Wildman–Crippen LogP) is 2.48. The van der Waals surface area contributed by atoms with Gasteiger partial charge in [0.25, 0.3) is 0 Å². The lowest BCUT2D eigenvalue weighted by atomic mass is 10.2. The number of benzene rings is 2. The van der Waals surface area contributed by atoms with Crippen LogP contribution >= 0.6 is 24.0 Å². The van der Waals surface area contributed by atoms with Crippen LogP contribution in [0.15, 0.2) is 70.6 Å². The fraction of sp³-hybridized carbons (Fsp3) is 0.350. The SMILES string of the molecule is CN=C(NCCS(=O)(=O)c1ccccc1)N1CCN(c2ccccc2)CC1.I. The van der Waals surface area contributed by atoms with E-state index in [2.05, 4.69) is 44.4 Å². The number of guanidine groups is 1. The molecule has 6 nitrogen and oxygen atoms in total. The van der Waals surface area contributed by atoms with Crippen LogP contribution in [0.3, 0.4) is 0 Å². The van der Waals surface area contributed by atoms with Crippen LogP contribution in [0.2, 0.25) is 0 Å². The summed E-state index contributed by atoms with van der Waals surface area (Å²) in [6.45, 7) is 3.85. The standard InChI is InChI=1S/C20H26N4O2S.HI/c1-21-20(22-12-17-27(25,26)19-10-6-3-7-11-19)24-15-13-23(14-16-24)18-8-4-2-5-9-18;/h2-11H,12-17H2,1H3,(H,21,22);1H. The van der Waals surface area contributed by atoms with Gasteiger partial charge in [-0.25, -0.2) is 8.42 Å². The van der Waals surface area contributed by atoms with Crippen molar-refractivity contribution in [2.45, 2.75) is 4.90 Å². The molecule has 2 aromatic rings. The second-order valence-corrected chi connectivity index (χ2v) is 8.52. The van der Waals surface area contributed by atoms with Crippen LogP contribution < -0.4 is 10.2 Å². The van der Waals surface area contributed by atoms with E-state index in [1.54, 1.807) is 31.3 Å². The molecule has 0 aromatic heterocycles. The summed E-state index contributed by atoms with van der Waals surface area (Å²) in [6.07, 6.45) is 0. The lowest BCUT2D eigenvalue weighted by molar-refractivity contribution is 0.373. The first-order valence-electron chi connectivity index (χ1n) is 9.13. The molecule has 0 unspecified atom stereocenters. The van der Waals surface area contributed by atoms with E-state index in [0.29, 0.717) is 11.4 Å². The van der Waals surface area contributed by atoms with Crippen molar-refractivity contribution in [2.75, 3.05) is 50.4 Å². The third-order valence-electron chi connectivity index (χ3n) is 4.67. The molecule has 1 aliphatic rings. The first-order chi connectivity index (χ1) is 13.1. The Bertz CT molecular complexity index is 852. The van der Waals surface area contributed by atoms with Crippen LogP contribution in [0.4, 0.5) is 5.69 Å². The van der Waals surface area contributed by atoms with E-state index in [1.807, 2.05) is 12.1 Å². The van der Waals surface area contributed by atoms with Crippen molar-refractivity contribution < 1.29 is 8.42 Å². The van der Waals surface area contributed by atoms with Crippen molar-refractivity contribution in [3.63, 3.8) is 0 Å². The molecule has 0 amide bonds. The number of anilines is 1. The predicted molar refractivity (Wildman–Crippen MR) is 125 cm³/mol. The zero-order chi connectivity index (χ0) is 19.1. The number of rotatable bonds is 5. The molecule has 1 N–H and O–H groups in total. The number of hydrogen-bond donors (Lipinski definition) is 1. The number of aliphatic imine (C=N–C) groups is 1. The molecule has 1 saturated heterocycles. The molecule has 0 atom stereocenters. The normalized spacial score (nSPS) is 15.1. The Morgan fingerprint density at radius 1 is 0.964 bits per heavy atom. The van der Waals surface area contributed by atoms with Gasteiger partial charge in [-0.2, -0.15) is 0 Å². The van der Waals surface area contributed by atoms with Gasteiger partial charge in [-0.05, 0) is 24.3 Å². The Hall–Kier alpha value is -1.81. The van der Waals surface area contributed by atoms with E-state index in [1.165, 1.54) is 5.69 Å². The maximum absolute atomic E-state index is 12.4. The third kappa shape index (κ3) is 5.84. The summed E-state index contributed by atoms with van der Waals surface area (Å²) in [4.78, 5) is 9.21. The summed E-state index contributed by atoms with van der Waals surface area (Å²) in [7, 11) is -1.55. The molecule has 1 fully saturated rings. The Labute approximate surface area is 184 Å². The van der Waals surface area contributed by atoms with Crippen LogP contribution in [0.1, 0.15) is 0 Å². The maximum Gasteiger partial charge on any atom is 0.193 e. The van der Waals surface area contributed by atoms with Crippen molar-refractivity contribution >= 4 is 45.5 Å². The van der Waals surface area contributed by atoms with Gasteiger partial charge >= 0.3 is 0 Å². The summed E-state index contributed by atoms with van der Waals surface area (Å²) < 4.78 is 24.8. The fourth-order valence-corrected chi connectivity index (χ4v) is 4.37. The van der Waals surface area contributed by atoms with Crippen LogP contribution in [0, 0.1) is 0 Å². The largest absolute Gasteiger partial charge is 0.368 e. The number of hydrogen-bond acceptors (Lipinski definition) is 4. The number of nitrogens with one attached hydrogen (secondary N) is 1. The van der Waals surface area contributed by atoms with Gasteiger partial charge in [0.1, 0.15) is 0 Å². The molecule has 0 radical (unpaired) electrons. The zero-order valence-electron chi connectivity index (χ0n) is 16.0. The molecule has 0 saturated carbocycles. The highest BCUT2D eigenvalue weighted by atomic mass is 127. The zero-order valence-corrected chi connectivity index (χ0v) is 19.1. The molecule has 1 heterocycles. The van der Waals surface area contributed by atoms with Gasteiger partial charge in [0, 0.05) is 45.5 Å². The van der Waals surface area contributed by atoms with E-state index in [-0.39, 0.29) is 29.7 Å². The Kier molecular flexibility index (Phi) is 8.56. The number of piperazine rings is 1. The molecule has 0 spiro atoms. The van der Waals surface area contributed by atoms with Crippen molar-refractivity contribution in [1.82, 2.24) is 10.2 Å². The first kappa shape index (κ1) is 22.5. The van der Waals surface area contributed by atoms with E-state index in [4.69, 9.17) is 0 Å². The number of para-hydroxylation sites is 1. The number of halogens is 1. The van der Waals surface area contributed by atoms with Crippen molar-refractivity contribution in [3.8, 4) is 0 Å². The van der Waals surface area contributed by atoms with Crippen molar-refractivity contribution in [1.29, 1.82) is 0 Å². The Morgan fingerprint density at radius 3 is 2.11 bits per heavy atom. The second-order valence-electron chi connectivity index (χ2n) is 6.42. The minimum atomic E-state index is -3.28. The van der Waals surface area contributed by atoms with Crippen molar-refractivity contribution in [3.05, 3.63) is 60.7 Å². The average molecular weight is 514 g/mol. The highest BCUT2D eigenvalue weighted by Crippen LogP contribution is 2.15. The summed E-state index contributed by atoms with van der Waals surface area (Å²) in [5, 5.41) is 3.20. The van der Waals surface area contributed by atoms with Gasteiger partial charge in [0.05, 0.1) is 10.6 Å². The molecule has 0 bridgehead atoms. The Morgan fingerprint density at radius 2 is 1.54 bits per heavy atom. The van der Waals surface area contributed by atoms with E-state index in [9.17, 15) is 8.42 Å². The molecular formula is C20H27IN4O2S. The smallest absolute Gasteiger partial charge is 0.193 e. The van der Waals surface area contributed by atoms with Crippen LogP contribution in [-0.2, 0) is 9.84 Å². The van der Waals surface area contributed by atoms with Crippen LogP contribution in [0.5, 0.6) is 0 Å². The van der Waals surface area contributed by atoms with E-state index < -0.39 is 9.84 Å². The van der Waals surface area contributed by atoms with E-state index in [0.717, 1.165) is 32.1 Å². The van der Waals surface area contributed by atoms with Gasteiger partial charge < -0.3 is 15.1 Å². The van der Waals surface area contributed by atoms with Crippen LogP contribution in [-0.4, -0.2) is 64.8 Å². The first-order valence-corrected chi connectivity index (χ1v) is 10.8. The summed E-state index contributed by atoms with van der Waals surface area (Å²) in [5.74, 6) is 0.797. The van der Waals surface area contributed by atoms with Crippen molar-refractivity contribution in [2.24, 2.45) is 4.99 Å². The Balaban J connectivity index is 0.00000280. The molecule has 0 aliphatic carbocycles. The lowest BCUT2D eigenvalue weighted by Gasteiger charge is -2.37. The minimum absolute atomic E-state index is 0. The molecule has 28 heavy (non-hydrogen) atoms. The lowest BCUT2D eigenvalue weighted by Crippen LogP contribution is -2.53. The quantitative estimate of drug-likeness (QED) is 0.378. The summed E-state index contributed by atoms with van der Waals surface area (Å²) in [5.41, 5.74) is 1.23. The monoisotopic (exact) mass is 514 g/mol. The topological polar surface area (TPSA) is 65.0 Å².